The van der Waals surface area contributed by atoms with Crippen LogP contribution in [0.4, 0.5) is 0 Å². The number of hydrogen-bond donors (Lipinski definition) is 2. The van der Waals surface area contributed by atoms with Gasteiger partial charge in [-0.15, -0.1) is 11.3 Å². The first-order valence-electron chi connectivity index (χ1n) is 7.97. The molecule has 4 rings (SSSR count). The highest BCUT2D eigenvalue weighted by atomic mass is 32.1. The molecule has 4 N–H and O–H groups in total. The summed E-state index contributed by atoms with van der Waals surface area (Å²) in [6.07, 6.45) is 1.38. The van der Waals surface area contributed by atoms with Crippen LogP contribution in [0, 0.1) is 17.2 Å². The number of pyridine rings is 1. The van der Waals surface area contributed by atoms with Crippen LogP contribution in [0.3, 0.4) is 0 Å². The molecule has 0 aromatic carbocycles. The van der Waals surface area contributed by atoms with Gasteiger partial charge in [-0.1, -0.05) is 6.07 Å². The van der Waals surface area contributed by atoms with Crippen LogP contribution in [0.1, 0.15) is 20.9 Å². The minimum Gasteiger partial charge on any atom is -0.338 e. The smallest absolute Gasteiger partial charge is 0.325 e. The lowest BCUT2D eigenvalue weighted by Gasteiger charge is -2.29. The van der Waals surface area contributed by atoms with Gasteiger partial charge in [0.15, 0.2) is 0 Å². The summed E-state index contributed by atoms with van der Waals surface area (Å²) in [5.74, 6) is -0.620. The number of likely N-dealkylation sites (tertiary alicyclic amines) is 1. The van der Waals surface area contributed by atoms with Crippen LogP contribution in [0.2, 0.25) is 0 Å². The van der Waals surface area contributed by atoms with Gasteiger partial charge in [-0.3, -0.25) is 4.79 Å². The lowest BCUT2D eigenvalue weighted by atomic mass is 9.84. The standard InChI is InChI=1S/C17H14N6O2S/c18-6-11-4-3-10(7-20-11)15(25)23-8-12-14(24)21-16(19)22-17(12,9-23)13-2-1-5-26-13/h1-5,7,12H,8-9H2,(H3,19,21,22,24)/p+1. The molecule has 0 saturated carbocycles. The second kappa shape index (κ2) is 6.01. The molecule has 2 aromatic rings. The zero-order chi connectivity index (χ0) is 18.3. The highest BCUT2D eigenvalue weighted by molar-refractivity contribution is 7.10. The van der Waals surface area contributed by atoms with Crippen molar-refractivity contribution in [2.75, 3.05) is 13.1 Å². The Morgan fingerprint density at radius 1 is 1.46 bits per heavy atom. The number of rotatable bonds is 2. The number of carbonyl (C=O) groups is 2. The number of carbonyl (C=O) groups excluding carboxylic acids is 2. The molecule has 2 aromatic heterocycles. The van der Waals surface area contributed by atoms with Gasteiger partial charge in [-0.2, -0.15) is 5.26 Å². The molecule has 8 nitrogen and oxygen atoms in total. The minimum atomic E-state index is -0.834. The molecule has 1 fully saturated rings. The molecule has 0 aliphatic carbocycles. The SMILES string of the molecule is N#Cc1ccc(C(=O)N2CC3C(=O)[NH2+]C(N)=NC3(c3cccs3)C2)cn1. The third kappa shape index (κ3) is 2.47. The second-order valence-electron chi connectivity index (χ2n) is 6.27. The van der Waals surface area contributed by atoms with E-state index in [0.29, 0.717) is 5.56 Å². The Hall–Kier alpha value is -3.09. The Bertz CT molecular complexity index is 947. The van der Waals surface area contributed by atoms with E-state index in [-0.39, 0.29) is 36.6 Å². The molecule has 2 amide bonds. The fourth-order valence-electron chi connectivity index (χ4n) is 3.54. The fourth-order valence-corrected chi connectivity index (χ4v) is 4.46. The number of fused-ring (bicyclic) bond motifs is 1. The van der Waals surface area contributed by atoms with Gasteiger partial charge in [-0.05, 0) is 23.6 Å². The number of aliphatic imine (C=N–C) groups is 1. The molecule has 2 unspecified atom stereocenters. The first-order chi connectivity index (χ1) is 12.5. The van der Waals surface area contributed by atoms with Crippen LogP contribution >= 0.6 is 11.3 Å². The number of nitrogens with zero attached hydrogens (tertiary/aromatic N) is 4. The van der Waals surface area contributed by atoms with Crippen molar-refractivity contribution < 1.29 is 14.9 Å². The van der Waals surface area contributed by atoms with Crippen molar-refractivity contribution >= 4 is 29.1 Å². The van der Waals surface area contributed by atoms with Gasteiger partial charge in [0.05, 0.1) is 12.1 Å². The van der Waals surface area contributed by atoms with Gasteiger partial charge in [-0.25, -0.2) is 20.1 Å². The summed E-state index contributed by atoms with van der Waals surface area (Å²) in [4.78, 5) is 36.5. The summed E-state index contributed by atoms with van der Waals surface area (Å²) in [5, 5.41) is 12.1. The molecular weight excluding hydrogens is 352 g/mol. The Morgan fingerprint density at radius 2 is 2.31 bits per heavy atom. The largest absolute Gasteiger partial charge is 0.338 e. The summed E-state index contributed by atoms with van der Waals surface area (Å²) in [6, 6.07) is 8.81. The van der Waals surface area contributed by atoms with Crippen molar-refractivity contribution in [2.24, 2.45) is 16.6 Å². The van der Waals surface area contributed by atoms with E-state index in [1.807, 2.05) is 23.6 Å². The maximum atomic E-state index is 12.9. The first-order valence-corrected chi connectivity index (χ1v) is 8.85. The van der Waals surface area contributed by atoms with E-state index in [9.17, 15) is 9.59 Å². The average molecular weight is 367 g/mol. The van der Waals surface area contributed by atoms with E-state index in [1.54, 1.807) is 11.0 Å². The quantitative estimate of drug-likeness (QED) is 0.732. The van der Waals surface area contributed by atoms with Crippen LogP contribution in [0.25, 0.3) is 0 Å². The molecule has 2 atom stereocenters. The topological polar surface area (TPSA) is 129 Å². The minimum absolute atomic E-state index is 0.112. The normalized spacial score (nSPS) is 24.7. The molecule has 130 valence electrons. The van der Waals surface area contributed by atoms with E-state index in [0.717, 1.165) is 4.88 Å². The molecule has 0 bridgehead atoms. The third-order valence-corrected chi connectivity index (χ3v) is 5.77. The van der Waals surface area contributed by atoms with E-state index in [1.165, 1.54) is 28.9 Å². The zero-order valence-corrected chi connectivity index (χ0v) is 14.4. The number of primary amides is 1. The van der Waals surface area contributed by atoms with Crippen molar-refractivity contribution in [1.29, 1.82) is 5.26 Å². The molecular formula is C17H15N6O2S+. The van der Waals surface area contributed by atoms with Crippen LogP contribution in [-0.4, -0.2) is 40.7 Å². The summed E-state index contributed by atoms with van der Waals surface area (Å²) in [6.45, 7) is 0.542. The van der Waals surface area contributed by atoms with E-state index in [2.05, 4.69) is 9.98 Å². The molecule has 9 heteroatoms. The predicted octanol–water partition coefficient (Wildman–Crippen LogP) is -0.599. The van der Waals surface area contributed by atoms with Crippen molar-refractivity contribution in [2.45, 2.75) is 5.54 Å². The highest BCUT2D eigenvalue weighted by Crippen LogP contribution is 2.43. The number of nitrogens with two attached hydrogens (primary N) is 2. The Morgan fingerprint density at radius 3 is 2.96 bits per heavy atom. The van der Waals surface area contributed by atoms with Crippen LogP contribution in [-0.2, 0) is 10.3 Å². The van der Waals surface area contributed by atoms with Gasteiger partial charge in [0.2, 0.25) is 0 Å². The van der Waals surface area contributed by atoms with E-state index < -0.39 is 11.5 Å². The van der Waals surface area contributed by atoms with Crippen molar-refractivity contribution in [3.8, 4) is 6.07 Å². The fraction of sp³-hybridized carbons (Fsp3) is 0.235. The number of nitriles is 1. The van der Waals surface area contributed by atoms with Gasteiger partial charge in [0.1, 0.15) is 23.2 Å². The molecule has 0 radical (unpaired) electrons. The van der Waals surface area contributed by atoms with Gasteiger partial charge >= 0.3 is 5.91 Å². The third-order valence-electron chi connectivity index (χ3n) is 4.73. The Balaban J connectivity index is 1.70. The van der Waals surface area contributed by atoms with Gasteiger partial charge < -0.3 is 10.6 Å². The Labute approximate surface area is 153 Å². The first kappa shape index (κ1) is 16.4. The summed E-state index contributed by atoms with van der Waals surface area (Å²) in [7, 11) is 0. The lowest BCUT2D eigenvalue weighted by molar-refractivity contribution is -0.464. The maximum absolute atomic E-state index is 12.9. The molecule has 4 heterocycles. The zero-order valence-electron chi connectivity index (χ0n) is 13.6. The summed E-state index contributed by atoms with van der Waals surface area (Å²) >= 11 is 1.50. The van der Waals surface area contributed by atoms with Gasteiger partial charge in [0.25, 0.3) is 11.9 Å². The van der Waals surface area contributed by atoms with E-state index >= 15 is 0 Å². The predicted molar refractivity (Wildman–Crippen MR) is 92.9 cm³/mol. The molecule has 2 aliphatic rings. The molecule has 0 spiro atoms. The van der Waals surface area contributed by atoms with Crippen molar-refractivity contribution in [3.05, 3.63) is 52.0 Å². The monoisotopic (exact) mass is 367 g/mol. The summed E-state index contributed by atoms with van der Waals surface area (Å²) < 4.78 is 0. The number of aromatic nitrogens is 1. The average Bonchev–Trinajstić information content (AvgIpc) is 3.29. The molecule has 2 aliphatic heterocycles. The lowest BCUT2D eigenvalue weighted by Crippen LogP contribution is -2.97. The number of guanidine groups is 1. The van der Waals surface area contributed by atoms with Crippen LogP contribution in [0.5, 0.6) is 0 Å². The van der Waals surface area contributed by atoms with Crippen molar-refractivity contribution in [3.63, 3.8) is 0 Å². The number of hydrogen-bond acceptors (Lipinski definition) is 7. The second-order valence-corrected chi connectivity index (χ2v) is 7.21. The molecule has 26 heavy (non-hydrogen) atoms. The van der Waals surface area contributed by atoms with Crippen molar-refractivity contribution in [1.82, 2.24) is 9.88 Å². The number of quaternary nitrogens is 1. The van der Waals surface area contributed by atoms with Crippen LogP contribution < -0.4 is 11.1 Å². The summed E-state index contributed by atoms with van der Waals surface area (Å²) in [5.41, 5.74) is 5.65. The maximum Gasteiger partial charge on any atom is 0.325 e. The van der Waals surface area contributed by atoms with Gasteiger partial charge in [0, 0.05) is 17.6 Å². The van der Waals surface area contributed by atoms with Crippen LogP contribution in [0.15, 0.2) is 40.8 Å². The van der Waals surface area contributed by atoms with E-state index in [4.69, 9.17) is 11.0 Å². The number of thiophene rings is 1. The highest BCUT2D eigenvalue weighted by Gasteiger charge is 2.58. The Kier molecular flexibility index (Phi) is 3.79. The molecule has 1 saturated heterocycles. The number of amides is 2.